The largest absolute Gasteiger partial charge is 0.508 e. The lowest BCUT2D eigenvalue weighted by Crippen LogP contribution is -2.18. The quantitative estimate of drug-likeness (QED) is 0.451. The van der Waals surface area contributed by atoms with Gasteiger partial charge >= 0.3 is 0 Å². The van der Waals surface area contributed by atoms with Crippen LogP contribution in [0.2, 0.25) is 5.02 Å². The topological polar surface area (TPSA) is 90.8 Å². The van der Waals surface area contributed by atoms with Crippen LogP contribution in [-0.2, 0) is 0 Å². The molecule has 2 amide bonds. The van der Waals surface area contributed by atoms with Crippen molar-refractivity contribution in [3.05, 3.63) is 94.5 Å². The van der Waals surface area contributed by atoms with Crippen LogP contribution in [0.25, 0.3) is 0 Å². The van der Waals surface area contributed by atoms with Crippen molar-refractivity contribution in [2.75, 3.05) is 5.32 Å². The Morgan fingerprint density at radius 2 is 1.57 bits per heavy atom. The predicted octanol–water partition coefficient (Wildman–Crippen LogP) is 4.06. The Bertz CT molecular complexity index is 1020. The van der Waals surface area contributed by atoms with Gasteiger partial charge in [-0.25, -0.2) is 5.43 Å². The van der Waals surface area contributed by atoms with Gasteiger partial charge in [0.15, 0.2) is 0 Å². The number of phenolic OH excluding ortho intramolecular Hbond substituents is 1. The van der Waals surface area contributed by atoms with E-state index in [1.165, 1.54) is 18.3 Å². The number of nitrogens with one attached hydrogen (secondary N) is 2. The molecule has 140 valence electrons. The zero-order valence-electron chi connectivity index (χ0n) is 14.6. The van der Waals surface area contributed by atoms with Crippen molar-refractivity contribution in [2.45, 2.75) is 0 Å². The first-order valence-electron chi connectivity index (χ1n) is 8.31. The van der Waals surface area contributed by atoms with E-state index >= 15 is 0 Å². The molecule has 0 saturated heterocycles. The average Bonchev–Trinajstić information content (AvgIpc) is 2.70. The molecule has 0 aliphatic heterocycles. The van der Waals surface area contributed by atoms with Gasteiger partial charge in [0.1, 0.15) is 5.75 Å². The van der Waals surface area contributed by atoms with Gasteiger partial charge in [0, 0.05) is 11.3 Å². The van der Waals surface area contributed by atoms with Gasteiger partial charge < -0.3 is 10.4 Å². The molecule has 0 spiro atoms. The molecular weight excluding hydrogens is 378 g/mol. The summed E-state index contributed by atoms with van der Waals surface area (Å²) in [6.07, 6.45) is 1.47. The Kier molecular flexibility index (Phi) is 6.04. The molecule has 0 radical (unpaired) electrons. The summed E-state index contributed by atoms with van der Waals surface area (Å²) in [6.45, 7) is 0. The highest BCUT2D eigenvalue weighted by Gasteiger charge is 2.10. The summed E-state index contributed by atoms with van der Waals surface area (Å²) in [5, 5.41) is 16.2. The fraction of sp³-hybridized carbons (Fsp3) is 0. The molecule has 7 heteroatoms. The number of nitrogens with zero attached hydrogens (tertiary/aromatic N) is 1. The van der Waals surface area contributed by atoms with E-state index in [0.717, 1.165) is 5.56 Å². The number of halogens is 1. The number of benzene rings is 3. The minimum atomic E-state index is -0.390. The monoisotopic (exact) mass is 393 g/mol. The molecule has 0 aliphatic carbocycles. The number of anilines is 1. The predicted molar refractivity (Wildman–Crippen MR) is 109 cm³/mol. The van der Waals surface area contributed by atoms with Crippen molar-refractivity contribution >= 4 is 35.3 Å². The van der Waals surface area contributed by atoms with E-state index in [1.54, 1.807) is 60.7 Å². The summed E-state index contributed by atoms with van der Waals surface area (Å²) in [5.74, 6) is -0.566. The number of rotatable bonds is 5. The van der Waals surface area contributed by atoms with Crippen molar-refractivity contribution in [2.24, 2.45) is 5.10 Å². The maximum atomic E-state index is 12.2. The van der Waals surface area contributed by atoms with Gasteiger partial charge in [-0.15, -0.1) is 0 Å². The molecule has 28 heavy (non-hydrogen) atoms. The van der Waals surface area contributed by atoms with E-state index in [4.69, 9.17) is 11.6 Å². The molecule has 6 nitrogen and oxygen atoms in total. The number of hydrazone groups is 1. The molecule has 0 heterocycles. The highest BCUT2D eigenvalue weighted by atomic mass is 35.5. The summed E-state index contributed by atoms with van der Waals surface area (Å²) in [7, 11) is 0. The van der Waals surface area contributed by atoms with Crippen LogP contribution in [0.5, 0.6) is 5.75 Å². The fourth-order valence-corrected chi connectivity index (χ4v) is 2.56. The van der Waals surface area contributed by atoms with Crippen LogP contribution in [0.3, 0.4) is 0 Å². The Morgan fingerprint density at radius 3 is 2.25 bits per heavy atom. The van der Waals surface area contributed by atoms with Crippen LogP contribution in [0.1, 0.15) is 26.3 Å². The van der Waals surface area contributed by atoms with E-state index in [9.17, 15) is 14.7 Å². The van der Waals surface area contributed by atoms with Crippen molar-refractivity contribution < 1.29 is 14.7 Å². The summed E-state index contributed by atoms with van der Waals surface area (Å²) < 4.78 is 0. The lowest BCUT2D eigenvalue weighted by molar-refractivity contribution is 0.0954. The molecule has 3 N–H and O–H groups in total. The van der Waals surface area contributed by atoms with Crippen molar-refractivity contribution in [3.8, 4) is 5.75 Å². The fourth-order valence-electron chi connectivity index (χ4n) is 2.34. The molecule has 0 fully saturated rings. The van der Waals surface area contributed by atoms with Crippen molar-refractivity contribution in [1.29, 1.82) is 0 Å². The molecule has 0 unspecified atom stereocenters. The van der Waals surface area contributed by atoms with Gasteiger partial charge in [-0.3, -0.25) is 9.59 Å². The number of hydrogen-bond acceptors (Lipinski definition) is 4. The minimum absolute atomic E-state index is 0.155. The minimum Gasteiger partial charge on any atom is -0.508 e. The van der Waals surface area contributed by atoms with Gasteiger partial charge in [-0.2, -0.15) is 5.10 Å². The van der Waals surface area contributed by atoms with E-state index in [1.807, 2.05) is 0 Å². The third-order valence-electron chi connectivity index (χ3n) is 3.80. The van der Waals surface area contributed by atoms with Crippen LogP contribution in [0.4, 0.5) is 5.69 Å². The van der Waals surface area contributed by atoms with E-state index in [0.29, 0.717) is 21.8 Å². The number of hydrogen-bond donors (Lipinski definition) is 3. The van der Waals surface area contributed by atoms with Gasteiger partial charge in [-0.05, 0) is 66.2 Å². The summed E-state index contributed by atoms with van der Waals surface area (Å²) >= 11 is 6.01. The Morgan fingerprint density at radius 1 is 0.893 bits per heavy atom. The highest BCUT2D eigenvalue weighted by Crippen LogP contribution is 2.17. The Balaban J connectivity index is 1.59. The molecule has 0 atom stereocenters. The Labute approximate surface area is 166 Å². The third-order valence-corrected chi connectivity index (χ3v) is 4.13. The highest BCUT2D eigenvalue weighted by molar-refractivity contribution is 6.34. The molecule has 0 aromatic heterocycles. The lowest BCUT2D eigenvalue weighted by atomic mass is 10.1. The standard InChI is InChI=1S/C21H16ClN3O3/c22-19-4-2-1-3-18(19)21(28)24-16-9-7-15(8-10-16)20(27)25-23-13-14-5-11-17(26)12-6-14/h1-13,26H,(H,24,28)(H,25,27). The SMILES string of the molecule is O=C(NN=Cc1ccc(O)cc1)c1ccc(NC(=O)c2ccccc2Cl)cc1. The van der Waals surface area contributed by atoms with Crippen molar-refractivity contribution in [3.63, 3.8) is 0 Å². The van der Waals surface area contributed by atoms with Crippen LogP contribution in [0.15, 0.2) is 77.9 Å². The first-order valence-corrected chi connectivity index (χ1v) is 8.69. The van der Waals surface area contributed by atoms with E-state index in [-0.39, 0.29) is 17.6 Å². The summed E-state index contributed by atoms with van der Waals surface area (Å²) in [6, 6.07) is 19.5. The number of aromatic hydroxyl groups is 1. The Hall–Kier alpha value is -3.64. The van der Waals surface area contributed by atoms with Crippen LogP contribution in [0, 0.1) is 0 Å². The number of phenols is 1. The second kappa shape index (κ2) is 8.83. The van der Waals surface area contributed by atoms with Crippen LogP contribution >= 0.6 is 11.6 Å². The number of amides is 2. The smallest absolute Gasteiger partial charge is 0.271 e. The lowest BCUT2D eigenvalue weighted by Gasteiger charge is -2.07. The maximum Gasteiger partial charge on any atom is 0.271 e. The molecular formula is C21H16ClN3O3. The maximum absolute atomic E-state index is 12.2. The van der Waals surface area contributed by atoms with Gasteiger partial charge in [0.2, 0.25) is 0 Å². The third kappa shape index (κ3) is 4.96. The van der Waals surface area contributed by atoms with E-state index < -0.39 is 0 Å². The summed E-state index contributed by atoms with van der Waals surface area (Å²) in [5.41, 5.74) is 4.44. The summed E-state index contributed by atoms with van der Waals surface area (Å²) in [4.78, 5) is 24.4. The first kappa shape index (κ1) is 19.1. The second-order valence-electron chi connectivity index (χ2n) is 5.80. The number of carbonyl (C=O) groups excluding carboxylic acids is 2. The van der Waals surface area contributed by atoms with Crippen LogP contribution < -0.4 is 10.7 Å². The van der Waals surface area contributed by atoms with Crippen molar-refractivity contribution in [1.82, 2.24) is 5.43 Å². The second-order valence-corrected chi connectivity index (χ2v) is 6.21. The van der Waals surface area contributed by atoms with Gasteiger partial charge in [-0.1, -0.05) is 23.7 Å². The molecule has 0 saturated carbocycles. The number of carbonyl (C=O) groups is 2. The van der Waals surface area contributed by atoms with Crippen LogP contribution in [-0.4, -0.2) is 23.1 Å². The molecule has 0 aliphatic rings. The molecule has 3 rings (SSSR count). The van der Waals surface area contributed by atoms with E-state index in [2.05, 4.69) is 15.8 Å². The average molecular weight is 394 g/mol. The zero-order chi connectivity index (χ0) is 19.9. The zero-order valence-corrected chi connectivity index (χ0v) is 15.4. The van der Waals surface area contributed by atoms with Gasteiger partial charge in [0.25, 0.3) is 11.8 Å². The molecule has 3 aromatic carbocycles. The first-order chi connectivity index (χ1) is 13.5. The van der Waals surface area contributed by atoms with Gasteiger partial charge in [0.05, 0.1) is 16.8 Å². The molecule has 3 aromatic rings. The normalized spacial score (nSPS) is 10.6. The molecule has 0 bridgehead atoms.